The maximum Gasteiger partial charge on any atom is 0.305 e. The highest BCUT2D eigenvalue weighted by Gasteiger charge is 2.25. The Bertz CT molecular complexity index is 471. The van der Waals surface area contributed by atoms with Crippen molar-refractivity contribution in [3.8, 4) is 0 Å². The predicted molar refractivity (Wildman–Crippen MR) is 65.2 cm³/mol. The Kier molecular flexibility index (Phi) is 4.55. The van der Waals surface area contributed by atoms with Gasteiger partial charge < -0.3 is 5.11 Å². The number of likely N-dealkylation sites (N-methyl/N-ethyl adjacent to an activating group) is 1. The molecule has 5 heteroatoms. The van der Waals surface area contributed by atoms with E-state index >= 15 is 0 Å². The number of aryl methyl sites for hydroxylation is 1. The fourth-order valence-corrected chi connectivity index (χ4v) is 1.67. The fraction of sp³-hybridized carbons (Fsp3) is 0.385. The van der Waals surface area contributed by atoms with Crippen LogP contribution in [0, 0.1) is 12.7 Å². The van der Waals surface area contributed by atoms with Gasteiger partial charge in [0.25, 0.3) is 0 Å². The molecule has 0 amide bonds. The first-order valence-corrected chi connectivity index (χ1v) is 5.51. The van der Waals surface area contributed by atoms with Gasteiger partial charge in [-0.3, -0.25) is 14.5 Å². The summed E-state index contributed by atoms with van der Waals surface area (Å²) >= 11 is 0. The predicted octanol–water partition coefficient (Wildman–Crippen LogP) is 1.72. The maximum absolute atomic E-state index is 13.1. The third kappa shape index (κ3) is 3.37. The molecule has 1 aromatic carbocycles. The highest BCUT2D eigenvalue weighted by molar-refractivity contribution is 6.01. The molecule has 0 aliphatic rings. The molecule has 18 heavy (non-hydrogen) atoms. The monoisotopic (exact) mass is 253 g/mol. The second kappa shape index (κ2) is 5.73. The van der Waals surface area contributed by atoms with E-state index in [1.165, 1.54) is 18.2 Å². The van der Waals surface area contributed by atoms with Crippen LogP contribution >= 0.6 is 0 Å². The van der Waals surface area contributed by atoms with Crippen molar-refractivity contribution >= 4 is 11.8 Å². The van der Waals surface area contributed by atoms with Crippen LogP contribution in [0.2, 0.25) is 0 Å². The lowest BCUT2D eigenvalue weighted by atomic mass is 9.99. The second-order valence-electron chi connectivity index (χ2n) is 4.41. The quantitative estimate of drug-likeness (QED) is 0.812. The molecule has 1 unspecified atom stereocenters. The van der Waals surface area contributed by atoms with Crippen LogP contribution in [0.25, 0.3) is 0 Å². The Morgan fingerprint density at radius 2 is 2.00 bits per heavy atom. The van der Waals surface area contributed by atoms with E-state index in [4.69, 9.17) is 5.11 Å². The number of rotatable bonds is 5. The van der Waals surface area contributed by atoms with Crippen LogP contribution in [0.3, 0.4) is 0 Å². The summed E-state index contributed by atoms with van der Waals surface area (Å²) in [6.07, 6.45) is -0.276. The fourth-order valence-electron chi connectivity index (χ4n) is 1.67. The molecule has 0 heterocycles. The molecular weight excluding hydrogens is 237 g/mol. The van der Waals surface area contributed by atoms with E-state index in [1.807, 2.05) is 0 Å². The Hall–Kier alpha value is -1.75. The number of carboxylic acids is 1. The number of hydrogen-bond donors (Lipinski definition) is 1. The van der Waals surface area contributed by atoms with Crippen molar-refractivity contribution in [2.24, 2.45) is 0 Å². The number of hydrogen-bond acceptors (Lipinski definition) is 3. The first-order valence-electron chi connectivity index (χ1n) is 5.51. The summed E-state index contributed by atoms with van der Waals surface area (Å²) in [4.78, 5) is 24.4. The highest BCUT2D eigenvalue weighted by atomic mass is 19.1. The number of carbonyl (C=O) groups is 2. The molecule has 0 aromatic heterocycles. The lowest BCUT2D eigenvalue weighted by Crippen LogP contribution is -2.37. The molecular formula is C13H16FNO3. The van der Waals surface area contributed by atoms with Gasteiger partial charge >= 0.3 is 5.97 Å². The Morgan fingerprint density at radius 3 is 2.44 bits per heavy atom. The standard InChI is InChI=1S/C13H16FNO3/c1-8-6-9(4-5-10(8)14)13(18)11(15(2)3)7-12(16)17/h4-6,11H,7H2,1-3H3,(H,16,17). The molecule has 0 spiro atoms. The van der Waals surface area contributed by atoms with Crippen LogP contribution in [-0.2, 0) is 4.79 Å². The number of halogens is 1. The van der Waals surface area contributed by atoms with E-state index < -0.39 is 12.0 Å². The van der Waals surface area contributed by atoms with Gasteiger partial charge in [-0.25, -0.2) is 4.39 Å². The largest absolute Gasteiger partial charge is 0.481 e. The van der Waals surface area contributed by atoms with Gasteiger partial charge in [0.1, 0.15) is 5.82 Å². The van der Waals surface area contributed by atoms with Gasteiger partial charge in [-0.15, -0.1) is 0 Å². The third-order valence-corrected chi connectivity index (χ3v) is 2.74. The average molecular weight is 253 g/mol. The van der Waals surface area contributed by atoms with Gasteiger partial charge in [0.05, 0.1) is 12.5 Å². The molecule has 1 rings (SSSR count). The Balaban J connectivity index is 3.02. The van der Waals surface area contributed by atoms with Gasteiger partial charge in [0, 0.05) is 5.56 Å². The highest BCUT2D eigenvalue weighted by Crippen LogP contribution is 2.14. The van der Waals surface area contributed by atoms with Gasteiger partial charge in [0.2, 0.25) is 0 Å². The van der Waals surface area contributed by atoms with Crippen molar-refractivity contribution in [3.63, 3.8) is 0 Å². The number of carboxylic acid groups (broad SMARTS) is 1. The van der Waals surface area contributed by atoms with Crippen LogP contribution in [0.1, 0.15) is 22.3 Å². The number of nitrogens with zero attached hydrogens (tertiary/aromatic N) is 1. The van der Waals surface area contributed by atoms with Crippen LogP contribution < -0.4 is 0 Å². The molecule has 0 bridgehead atoms. The van der Waals surface area contributed by atoms with E-state index in [-0.39, 0.29) is 18.0 Å². The molecule has 0 saturated heterocycles. The topological polar surface area (TPSA) is 57.6 Å². The minimum Gasteiger partial charge on any atom is -0.481 e. The van der Waals surface area contributed by atoms with Crippen molar-refractivity contribution in [1.29, 1.82) is 0 Å². The number of ketones is 1. The summed E-state index contributed by atoms with van der Waals surface area (Å²) in [5.74, 6) is -1.74. The van der Waals surface area contributed by atoms with Crippen molar-refractivity contribution in [2.45, 2.75) is 19.4 Å². The molecule has 4 nitrogen and oxygen atoms in total. The molecule has 1 aromatic rings. The van der Waals surface area contributed by atoms with Gasteiger partial charge in [0.15, 0.2) is 5.78 Å². The van der Waals surface area contributed by atoms with Crippen molar-refractivity contribution < 1.29 is 19.1 Å². The molecule has 98 valence electrons. The summed E-state index contributed by atoms with van der Waals surface area (Å²) in [6.45, 7) is 1.56. The van der Waals surface area contributed by atoms with Gasteiger partial charge in [-0.2, -0.15) is 0 Å². The van der Waals surface area contributed by atoms with Crippen LogP contribution in [-0.4, -0.2) is 41.9 Å². The van der Waals surface area contributed by atoms with E-state index in [0.717, 1.165) is 0 Å². The smallest absolute Gasteiger partial charge is 0.305 e. The molecule has 1 atom stereocenters. The van der Waals surface area contributed by atoms with Gasteiger partial charge in [-0.05, 0) is 44.8 Å². The van der Waals surface area contributed by atoms with E-state index in [2.05, 4.69) is 0 Å². The number of benzene rings is 1. The minimum absolute atomic E-state index is 0.276. The van der Waals surface area contributed by atoms with E-state index in [0.29, 0.717) is 11.1 Å². The summed E-state index contributed by atoms with van der Waals surface area (Å²) in [5.41, 5.74) is 0.697. The van der Waals surface area contributed by atoms with E-state index in [9.17, 15) is 14.0 Å². The summed E-state index contributed by atoms with van der Waals surface area (Å²) < 4.78 is 13.1. The molecule has 0 radical (unpaired) electrons. The van der Waals surface area contributed by atoms with Crippen LogP contribution in [0.5, 0.6) is 0 Å². The maximum atomic E-state index is 13.1. The summed E-state index contributed by atoms with van der Waals surface area (Å²) in [6, 6.07) is 3.29. The summed E-state index contributed by atoms with van der Waals surface area (Å²) in [5, 5.41) is 8.79. The number of carbonyl (C=O) groups excluding carboxylic acids is 1. The lowest BCUT2D eigenvalue weighted by Gasteiger charge is -2.21. The zero-order valence-electron chi connectivity index (χ0n) is 10.6. The average Bonchev–Trinajstić information content (AvgIpc) is 2.28. The molecule has 0 fully saturated rings. The molecule has 0 aliphatic carbocycles. The Morgan fingerprint density at radius 1 is 1.39 bits per heavy atom. The first kappa shape index (κ1) is 14.3. The van der Waals surface area contributed by atoms with Crippen LogP contribution in [0.15, 0.2) is 18.2 Å². The van der Waals surface area contributed by atoms with Crippen molar-refractivity contribution in [2.75, 3.05) is 14.1 Å². The number of Topliss-reactive ketones (excluding diaryl/α,β-unsaturated/α-hetero) is 1. The van der Waals surface area contributed by atoms with Crippen molar-refractivity contribution in [1.82, 2.24) is 4.90 Å². The Labute approximate surface area is 105 Å². The van der Waals surface area contributed by atoms with Crippen LogP contribution in [0.4, 0.5) is 4.39 Å². The first-order chi connectivity index (χ1) is 8.32. The van der Waals surface area contributed by atoms with Gasteiger partial charge in [-0.1, -0.05) is 0 Å². The SMILES string of the molecule is Cc1cc(C(=O)C(CC(=O)O)N(C)C)ccc1F. The third-order valence-electron chi connectivity index (χ3n) is 2.74. The molecule has 1 N–H and O–H groups in total. The molecule has 0 saturated carbocycles. The van der Waals surface area contributed by atoms with E-state index in [1.54, 1.807) is 25.9 Å². The molecule has 0 aliphatic heterocycles. The lowest BCUT2D eigenvalue weighted by molar-refractivity contribution is -0.137. The zero-order valence-corrected chi connectivity index (χ0v) is 10.6. The minimum atomic E-state index is -1.04. The normalized spacial score (nSPS) is 12.5. The zero-order chi connectivity index (χ0) is 13.9. The summed E-state index contributed by atoms with van der Waals surface area (Å²) in [7, 11) is 3.28. The second-order valence-corrected chi connectivity index (χ2v) is 4.41. The van der Waals surface area contributed by atoms with Crippen molar-refractivity contribution in [3.05, 3.63) is 35.1 Å². The number of aliphatic carboxylic acids is 1.